The van der Waals surface area contributed by atoms with Crippen LogP contribution in [0, 0.1) is 18.2 Å². The second-order valence-corrected chi connectivity index (χ2v) is 3.60. The van der Waals surface area contributed by atoms with Crippen LogP contribution >= 0.6 is 0 Å². The average Bonchev–Trinajstić information content (AvgIpc) is 2.26. The van der Waals surface area contributed by atoms with Crippen LogP contribution in [0.4, 0.5) is 10.1 Å². The molecule has 0 aliphatic carbocycles. The van der Waals surface area contributed by atoms with Gasteiger partial charge in [-0.3, -0.25) is 0 Å². The summed E-state index contributed by atoms with van der Waals surface area (Å²) < 4.78 is 13.1. The Morgan fingerprint density at radius 3 is 2.75 bits per heavy atom. The first-order valence-corrected chi connectivity index (χ1v) is 5.26. The summed E-state index contributed by atoms with van der Waals surface area (Å²) >= 11 is 0. The minimum Gasteiger partial charge on any atom is -0.389 e. The molecule has 0 spiro atoms. The molecule has 3 heteroatoms. The lowest BCUT2D eigenvalue weighted by atomic mass is 10.1. The lowest BCUT2D eigenvalue weighted by Crippen LogP contribution is -2.24. The highest BCUT2D eigenvalue weighted by atomic mass is 19.1. The number of aliphatic hydroxyl groups is 1. The maximum atomic E-state index is 13.1. The van der Waals surface area contributed by atoms with E-state index in [4.69, 9.17) is 6.42 Å². The number of aliphatic hydroxyl groups excluding tert-OH is 1. The van der Waals surface area contributed by atoms with Gasteiger partial charge in [-0.1, -0.05) is 5.92 Å². The van der Waals surface area contributed by atoms with Crippen LogP contribution < -0.4 is 4.90 Å². The van der Waals surface area contributed by atoms with Gasteiger partial charge in [0.2, 0.25) is 0 Å². The lowest BCUT2D eigenvalue weighted by molar-refractivity contribution is 0.199. The first-order valence-electron chi connectivity index (χ1n) is 5.26. The molecule has 2 nitrogen and oxygen atoms in total. The molecule has 0 aromatic heterocycles. The fourth-order valence-electron chi connectivity index (χ4n) is 1.63. The second-order valence-electron chi connectivity index (χ2n) is 3.60. The molecule has 0 heterocycles. The number of rotatable bonds is 4. The number of nitrogens with zero attached hydrogens (tertiary/aromatic N) is 1. The summed E-state index contributed by atoms with van der Waals surface area (Å²) in [4.78, 5) is 1.92. The third-order valence-electron chi connectivity index (χ3n) is 2.44. The Labute approximate surface area is 95.7 Å². The molecule has 0 bridgehead atoms. The smallest absolute Gasteiger partial charge is 0.123 e. The number of hydrogen-bond donors (Lipinski definition) is 1. The zero-order chi connectivity index (χ0) is 12.1. The number of hydrogen-bond acceptors (Lipinski definition) is 2. The molecule has 0 radical (unpaired) electrons. The summed E-state index contributed by atoms with van der Waals surface area (Å²) in [6.45, 7) is 4.74. The fraction of sp³-hybridized carbons (Fsp3) is 0.385. The van der Waals surface area contributed by atoms with E-state index in [9.17, 15) is 9.50 Å². The number of anilines is 1. The van der Waals surface area contributed by atoms with Crippen molar-refractivity contribution in [3.8, 4) is 12.3 Å². The SMILES string of the molecule is C#CCN(CC)c1ccc(F)cc1[C@@H](C)O. The highest BCUT2D eigenvalue weighted by Gasteiger charge is 2.13. The third-order valence-corrected chi connectivity index (χ3v) is 2.44. The lowest BCUT2D eigenvalue weighted by Gasteiger charge is -2.24. The van der Waals surface area contributed by atoms with Gasteiger partial charge in [-0.25, -0.2) is 4.39 Å². The first kappa shape index (κ1) is 12.5. The van der Waals surface area contributed by atoms with Crippen LogP contribution in [0.2, 0.25) is 0 Å². The van der Waals surface area contributed by atoms with Crippen LogP contribution in [0.1, 0.15) is 25.5 Å². The van der Waals surface area contributed by atoms with E-state index in [2.05, 4.69) is 5.92 Å². The van der Waals surface area contributed by atoms with Crippen LogP contribution in [-0.4, -0.2) is 18.2 Å². The molecule has 0 fully saturated rings. The highest BCUT2D eigenvalue weighted by molar-refractivity contribution is 5.55. The van der Waals surface area contributed by atoms with E-state index in [1.54, 1.807) is 13.0 Å². The molecule has 16 heavy (non-hydrogen) atoms. The molecule has 1 rings (SSSR count). The van der Waals surface area contributed by atoms with Gasteiger partial charge in [0.25, 0.3) is 0 Å². The quantitative estimate of drug-likeness (QED) is 0.789. The van der Waals surface area contributed by atoms with Crippen molar-refractivity contribution < 1.29 is 9.50 Å². The van der Waals surface area contributed by atoms with Gasteiger partial charge in [-0.2, -0.15) is 0 Å². The molecule has 0 aliphatic heterocycles. The third kappa shape index (κ3) is 2.74. The predicted octanol–water partition coefficient (Wildman–Crippen LogP) is 2.34. The average molecular weight is 221 g/mol. The van der Waals surface area contributed by atoms with Crippen molar-refractivity contribution in [1.29, 1.82) is 0 Å². The molecule has 0 saturated carbocycles. The molecule has 1 N–H and O–H groups in total. The number of benzene rings is 1. The Balaban J connectivity index is 3.16. The molecule has 0 amide bonds. The number of halogens is 1. The van der Waals surface area contributed by atoms with Crippen molar-refractivity contribution in [2.24, 2.45) is 0 Å². The van der Waals surface area contributed by atoms with Gasteiger partial charge in [0, 0.05) is 17.8 Å². The van der Waals surface area contributed by atoms with E-state index in [0.29, 0.717) is 12.1 Å². The normalized spacial score (nSPS) is 11.9. The Bertz CT molecular complexity index is 395. The van der Waals surface area contributed by atoms with Crippen molar-refractivity contribution in [1.82, 2.24) is 0 Å². The Morgan fingerprint density at radius 2 is 2.25 bits per heavy atom. The monoisotopic (exact) mass is 221 g/mol. The van der Waals surface area contributed by atoms with Crippen molar-refractivity contribution in [3.63, 3.8) is 0 Å². The van der Waals surface area contributed by atoms with Gasteiger partial charge < -0.3 is 10.0 Å². The maximum absolute atomic E-state index is 13.1. The fourth-order valence-corrected chi connectivity index (χ4v) is 1.63. The van der Waals surface area contributed by atoms with Gasteiger partial charge in [-0.05, 0) is 32.0 Å². The minimum atomic E-state index is -0.711. The summed E-state index contributed by atoms with van der Waals surface area (Å²) in [6, 6.07) is 4.37. The van der Waals surface area contributed by atoms with Gasteiger partial charge in [0.1, 0.15) is 5.82 Å². The Morgan fingerprint density at radius 1 is 1.56 bits per heavy atom. The van der Waals surface area contributed by atoms with Crippen molar-refractivity contribution >= 4 is 5.69 Å². The summed E-state index contributed by atoms with van der Waals surface area (Å²) in [6.07, 6.45) is 4.56. The summed E-state index contributed by atoms with van der Waals surface area (Å²) in [5.41, 5.74) is 1.36. The van der Waals surface area contributed by atoms with Crippen LogP contribution in [0.5, 0.6) is 0 Å². The van der Waals surface area contributed by atoms with Crippen LogP contribution in [0.15, 0.2) is 18.2 Å². The molecule has 0 aliphatic rings. The predicted molar refractivity (Wildman–Crippen MR) is 63.8 cm³/mol. The topological polar surface area (TPSA) is 23.5 Å². The summed E-state index contributed by atoms with van der Waals surface area (Å²) in [5.74, 6) is 2.20. The molecule has 86 valence electrons. The number of terminal acetylenes is 1. The highest BCUT2D eigenvalue weighted by Crippen LogP contribution is 2.26. The van der Waals surface area contributed by atoms with Crippen molar-refractivity contribution in [2.45, 2.75) is 20.0 Å². The molecule has 0 saturated heterocycles. The molecule has 1 atom stereocenters. The largest absolute Gasteiger partial charge is 0.389 e. The molecular formula is C13H16FNO. The molecule has 1 aromatic carbocycles. The zero-order valence-corrected chi connectivity index (χ0v) is 9.57. The molecular weight excluding hydrogens is 205 g/mol. The van der Waals surface area contributed by atoms with Gasteiger partial charge in [0.05, 0.1) is 12.6 Å². The van der Waals surface area contributed by atoms with E-state index in [1.807, 2.05) is 11.8 Å². The van der Waals surface area contributed by atoms with Crippen molar-refractivity contribution in [3.05, 3.63) is 29.6 Å². The second kappa shape index (κ2) is 5.53. The van der Waals surface area contributed by atoms with E-state index in [1.165, 1.54) is 12.1 Å². The zero-order valence-electron chi connectivity index (χ0n) is 9.57. The van der Waals surface area contributed by atoms with Crippen LogP contribution in [0.25, 0.3) is 0 Å². The van der Waals surface area contributed by atoms with Gasteiger partial charge >= 0.3 is 0 Å². The Hall–Kier alpha value is -1.53. The molecule has 1 aromatic rings. The van der Waals surface area contributed by atoms with E-state index < -0.39 is 6.10 Å². The van der Waals surface area contributed by atoms with Crippen molar-refractivity contribution in [2.75, 3.05) is 18.0 Å². The minimum absolute atomic E-state index is 0.351. The van der Waals surface area contributed by atoms with E-state index >= 15 is 0 Å². The van der Waals surface area contributed by atoms with Crippen LogP contribution in [0.3, 0.4) is 0 Å². The standard InChI is InChI=1S/C13H16FNO/c1-4-8-15(5-2)13-7-6-11(14)9-12(13)10(3)16/h1,6-7,9-10,16H,5,8H2,2-3H3/t10-/m1/s1. The maximum Gasteiger partial charge on any atom is 0.123 e. The Kier molecular flexibility index (Phi) is 4.33. The molecule has 0 unspecified atom stereocenters. The van der Waals surface area contributed by atoms with Gasteiger partial charge in [0.15, 0.2) is 0 Å². The summed E-state index contributed by atoms with van der Waals surface area (Å²) in [5, 5.41) is 9.60. The summed E-state index contributed by atoms with van der Waals surface area (Å²) in [7, 11) is 0. The van der Waals surface area contributed by atoms with Crippen LogP contribution in [-0.2, 0) is 0 Å². The first-order chi connectivity index (χ1) is 7.60. The van der Waals surface area contributed by atoms with E-state index in [0.717, 1.165) is 12.2 Å². The van der Waals surface area contributed by atoms with Gasteiger partial charge in [-0.15, -0.1) is 6.42 Å². The van der Waals surface area contributed by atoms with E-state index in [-0.39, 0.29) is 5.82 Å².